The van der Waals surface area contributed by atoms with E-state index in [4.69, 9.17) is 27.9 Å². The van der Waals surface area contributed by atoms with Crippen molar-refractivity contribution in [3.05, 3.63) is 63.1 Å². The van der Waals surface area contributed by atoms with Gasteiger partial charge in [0.15, 0.2) is 0 Å². The monoisotopic (exact) mass is 439 g/mol. The molecule has 2 aromatic rings. The van der Waals surface area contributed by atoms with Crippen molar-refractivity contribution in [3.63, 3.8) is 0 Å². The van der Waals surface area contributed by atoms with E-state index in [1.807, 2.05) is 0 Å². The molecule has 6 nitrogen and oxygen atoms in total. The molecule has 8 heteroatoms. The molecule has 2 aromatic carbocycles. The van der Waals surface area contributed by atoms with Crippen LogP contribution in [0.1, 0.15) is 37.5 Å². The van der Waals surface area contributed by atoms with Gasteiger partial charge < -0.3 is 20.3 Å². The number of carboxylic acid groups (broad SMARTS) is 1. The number of alkyl carbamates (subject to hydrolysis) is 1. The molecule has 0 aliphatic heterocycles. The number of phenols is 1. The number of hydrogen-bond donors (Lipinski definition) is 3. The minimum atomic E-state index is -1.21. The number of halogens is 2. The Bertz CT molecular complexity index is 888. The highest BCUT2D eigenvalue weighted by atomic mass is 35.5. The summed E-state index contributed by atoms with van der Waals surface area (Å²) in [7, 11) is 0. The normalized spacial score (nSPS) is 12.3. The number of ether oxygens (including phenoxy) is 1. The largest absolute Gasteiger partial charge is 0.508 e. The molecular formula is C21H23Cl2NO5. The number of carboxylic acids is 1. The van der Waals surface area contributed by atoms with Gasteiger partial charge >= 0.3 is 12.1 Å². The fourth-order valence-electron chi connectivity index (χ4n) is 2.74. The lowest BCUT2D eigenvalue weighted by Gasteiger charge is -2.22. The Morgan fingerprint density at radius 1 is 1.10 bits per heavy atom. The molecule has 0 bridgehead atoms. The van der Waals surface area contributed by atoms with E-state index in [1.54, 1.807) is 45.0 Å². The Labute approximate surface area is 179 Å². The molecule has 0 fully saturated rings. The number of aromatic hydroxyl groups is 1. The van der Waals surface area contributed by atoms with Crippen molar-refractivity contribution in [2.24, 2.45) is 0 Å². The van der Waals surface area contributed by atoms with Gasteiger partial charge in [0.05, 0.1) is 0 Å². The summed E-state index contributed by atoms with van der Waals surface area (Å²) in [6, 6.07) is 8.52. The van der Waals surface area contributed by atoms with Crippen molar-refractivity contribution in [1.82, 2.24) is 5.32 Å². The molecule has 0 aromatic heterocycles. The topological polar surface area (TPSA) is 95.9 Å². The molecule has 2 rings (SSSR count). The van der Waals surface area contributed by atoms with Crippen molar-refractivity contribution in [1.29, 1.82) is 0 Å². The van der Waals surface area contributed by atoms with Crippen LogP contribution in [0.3, 0.4) is 0 Å². The summed E-state index contributed by atoms with van der Waals surface area (Å²) < 4.78 is 5.14. The van der Waals surface area contributed by atoms with E-state index in [0.29, 0.717) is 33.2 Å². The van der Waals surface area contributed by atoms with Gasteiger partial charge in [-0.25, -0.2) is 9.59 Å². The molecule has 29 heavy (non-hydrogen) atoms. The molecule has 0 spiro atoms. The Balaban J connectivity index is 2.29. The first-order valence-electron chi connectivity index (χ1n) is 8.92. The number of phenolic OH excluding ortho intramolecular Hbond substituents is 1. The van der Waals surface area contributed by atoms with Crippen LogP contribution in [0.15, 0.2) is 36.4 Å². The maximum absolute atomic E-state index is 12.0. The predicted octanol–water partition coefficient (Wildman–Crippen LogP) is 4.81. The van der Waals surface area contributed by atoms with Crippen molar-refractivity contribution < 1.29 is 24.5 Å². The van der Waals surface area contributed by atoms with E-state index < -0.39 is 23.7 Å². The summed E-state index contributed by atoms with van der Waals surface area (Å²) in [5.41, 5.74) is 1.19. The third-order valence-electron chi connectivity index (χ3n) is 4.03. The number of carbonyl (C=O) groups is 2. The molecule has 1 amide bonds. The quantitative estimate of drug-likeness (QED) is 0.599. The van der Waals surface area contributed by atoms with E-state index in [1.165, 1.54) is 12.1 Å². The van der Waals surface area contributed by atoms with E-state index in [9.17, 15) is 19.8 Å². The van der Waals surface area contributed by atoms with Gasteiger partial charge in [0, 0.05) is 22.9 Å². The molecule has 0 radical (unpaired) electrons. The van der Waals surface area contributed by atoms with Gasteiger partial charge in [0.25, 0.3) is 0 Å². The smallest absolute Gasteiger partial charge is 0.408 e. The van der Waals surface area contributed by atoms with Crippen LogP contribution in [0.5, 0.6) is 5.75 Å². The maximum atomic E-state index is 12.0. The Hall–Kier alpha value is -2.44. The molecule has 156 valence electrons. The number of hydrogen-bond acceptors (Lipinski definition) is 4. The first-order chi connectivity index (χ1) is 13.5. The van der Waals surface area contributed by atoms with E-state index >= 15 is 0 Å². The lowest BCUT2D eigenvalue weighted by molar-refractivity contribution is -0.139. The summed E-state index contributed by atoms with van der Waals surface area (Å²) in [6.45, 7) is 5.06. The van der Waals surface area contributed by atoms with Gasteiger partial charge in [-0.15, -0.1) is 0 Å². The number of rotatable bonds is 6. The van der Waals surface area contributed by atoms with Crippen LogP contribution < -0.4 is 5.32 Å². The van der Waals surface area contributed by atoms with Gasteiger partial charge in [-0.3, -0.25) is 0 Å². The Morgan fingerprint density at radius 2 is 1.72 bits per heavy atom. The number of benzene rings is 2. The number of amides is 1. The van der Waals surface area contributed by atoms with Crippen LogP contribution in [-0.2, 0) is 22.4 Å². The van der Waals surface area contributed by atoms with Crippen molar-refractivity contribution in [2.75, 3.05) is 0 Å². The zero-order valence-corrected chi connectivity index (χ0v) is 17.8. The van der Waals surface area contributed by atoms with E-state index in [-0.39, 0.29) is 12.2 Å². The number of carbonyl (C=O) groups excluding carboxylic acids is 1. The highest BCUT2D eigenvalue weighted by molar-refractivity contribution is 6.36. The second-order valence-corrected chi connectivity index (χ2v) is 8.39. The molecular weight excluding hydrogens is 417 g/mol. The second kappa shape index (κ2) is 9.37. The third kappa shape index (κ3) is 6.84. The summed E-state index contributed by atoms with van der Waals surface area (Å²) in [5.74, 6) is -1.18. The summed E-state index contributed by atoms with van der Waals surface area (Å²) >= 11 is 12.5. The zero-order valence-electron chi connectivity index (χ0n) is 16.3. The van der Waals surface area contributed by atoms with Crippen LogP contribution in [0.4, 0.5) is 4.79 Å². The predicted molar refractivity (Wildman–Crippen MR) is 112 cm³/mol. The summed E-state index contributed by atoms with van der Waals surface area (Å²) in [6.07, 6.45) is -0.535. The first kappa shape index (κ1) is 22.8. The van der Waals surface area contributed by atoms with Crippen molar-refractivity contribution in [2.45, 2.75) is 45.3 Å². The minimum Gasteiger partial charge on any atom is -0.508 e. The van der Waals surface area contributed by atoms with Crippen LogP contribution in [0.25, 0.3) is 0 Å². The van der Waals surface area contributed by atoms with E-state index in [0.717, 1.165) is 0 Å². The number of nitrogens with one attached hydrogen (secondary N) is 1. The van der Waals surface area contributed by atoms with Gasteiger partial charge in [-0.2, -0.15) is 0 Å². The maximum Gasteiger partial charge on any atom is 0.408 e. The standard InChI is InChI=1S/C21H23Cl2NO5/c1-21(2,3)29-20(28)24-18(19(26)27)11-12-7-8-14(25)9-13(12)10-15-16(22)5-4-6-17(15)23/h4-9,18,25H,10-11H2,1-3H3,(H,24,28)(H,26,27)/t18-/m0/s1. The van der Waals surface area contributed by atoms with Gasteiger partial charge in [0.1, 0.15) is 17.4 Å². The van der Waals surface area contributed by atoms with Gasteiger partial charge in [-0.1, -0.05) is 35.3 Å². The molecule has 0 saturated carbocycles. The van der Waals surface area contributed by atoms with Crippen molar-refractivity contribution in [3.8, 4) is 5.75 Å². The molecule has 0 unspecified atom stereocenters. The second-order valence-electron chi connectivity index (χ2n) is 7.57. The van der Waals surface area contributed by atoms with Crippen LogP contribution in [-0.4, -0.2) is 33.9 Å². The van der Waals surface area contributed by atoms with E-state index in [2.05, 4.69) is 5.32 Å². The van der Waals surface area contributed by atoms with Crippen molar-refractivity contribution >= 4 is 35.3 Å². The molecule has 1 atom stereocenters. The SMILES string of the molecule is CC(C)(C)OC(=O)N[C@@H](Cc1ccc(O)cc1Cc1c(Cl)cccc1Cl)C(=O)O. The minimum absolute atomic E-state index is 0.00768. The highest BCUT2D eigenvalue weighted by Crippen LogP contribution is 2.29. The van der Waals surface area contributed by atoms with Crippen LogP contribution >= 0.6 is 23.2 Å². The summed E-state index contributed by atoms with van der Waals surface area (Å²) in [4.78, 5) is 23.7. The Morgan fingerprint density at radius 3 is 2.28 bits per heavy atom. The third-order valence-corrected chi connectivity index (χ3v) is 4.74. The average molecular weight is 440 g/mol. The fourth-order valence-corrected chi connectivity index (χ4v) is 3.27. The lowest BCUT2D eigenvalue weighted by atomic mass is 9.95. The molecule has 0 aliphatic carbocycles. The Kier molecular flexibility index (Phi) is 7.38. The molecule has 0 saturated heterocycles. The lowest BCUT2D eigenvalue weighted by Crippen LogP contribution is -2.44. The first-order valence-corrected chi connectivity index (χ1v) is 9.68. The van der Waals surface area contributed by atoms with Crippen LogP contribution in [0.2, 0.25) is 10.0 Å². The van der Waals surface area contributed by atoms with Gasteiger partial charge in [0.2, 0.25) is 0 Å². The molecule has 0 heterocycles. The van der Waals surface area contributed by atoms with Crippen LogP contribution in [0, 0.1) is 0 Å². The average Bonchev–Trinajstić information content (AvgIpc) is 2.58. The zero-order chi connectivity index (χ0) is 21.8. The highest BCUT2D eigenvalue weighted by Gasteiger charge is 2.25. The fraction of sp³-hybridized carbons (Fsp3) is 0.333. The molecule has 0 aliphatic rings. The number of aliphatic carboxylic acids is 1. The summed E-state index contributed by atoms with van der Waals surface area (Å²) in [5, 5.41) is 22.7. The van der Waals surface area contributed by atoms with Gasteiger partial charge in [-0.05, 0) is 61.7 Å². The molecule has 3 N–H and O–H groups in total.